The summed E-state index contributed by atoms with van der Waals surface area (Å²) in [6.45, 7) is 7.22. The van der Waals surface area contributed by atoms with Gasteiger partial charge in [0.15, 0.2) is 0 Å². The molecule has 0 N–H and O–H groups in total. The average Bonchev–Trinajstić information content (AvgIpc) is 2.90. The van der Waals surface area contributed by atoms with E-state index in [2.05, 4.69) is 20.8 Å². The first kappa shape index (κ1) is 15.2. The smallest absolute Gasteiger partial charge is 0.139 e. The summed E-state index contributed by atoms with van der Waals surface area (Å²) in [6.07, 6.45) is 13.3. The van der Waals surface area contributed by atoms with E-state index >= 15 is 0 Å². The summed E-state index contributed by atoms with van der Waals surface area (Å²) >= 11 is 0. The number of rotatable bonds is 1. The summed E-state index contributed by atoms with van der Waals surface area (Å²) in [5.41, 5.74) is 0.659. The standard InChI is InChI=1S/C21H34O/c1-4-14-12-15-7-8-16-17-6-5-10-20(17,2)11-9-18(16)21(15,3)19(22)13-14/h14-18H,4-13H2,1-3H3. The van der Waals surface area contributed by atoms with E-state index in [1.165, 1.54) is 57.8 Å². The SMILES string of the molecule is CCC1CC(=O)C2(C)C(CCC3C4CCCC4(C)CCC32)C1. The highest BCUT2D eigenvalue weighted by Gasteiger charge is 2.60. The zero-order valence-electron chi connectivity index (χ0n) is 14.9. The van der Waals surface area contributed by atoms with Crippen molar-refractivity contribution in [1.29, 1.82) is 0 Å². The minimum Gasteiger partial charge on any atom is -0.299 e. The molecule has 0 aromatic rings. The molecule has 4 aliphatic carbocycles. The van der Waals surface area contributed by atoms with Crippen molar-refractivity contribution in [3.05, 3.63) is 0 Å². The van der Waals surface area contributed by atoms with Gasteiger partial charge in [-0.25, -0.2) is 0 Å². The molecule has 4 aliphatic rings. The number of carbonyl (C=O) groups excluding carboxylic acids is 1. The molecule has 0 aromatic carbocycles. The third-order valence-corrected chi connectivity index (χ3v) is 8.96. The lowest BCUT2D eigenvalue weighted by molar-refractivity contribution is -0.157. The van der Waals surface area contributed by atoms with Gasteiger partial charge in [-0.3, -0.25) is 4.79 Å². The summed E-state index contributed by atoms with van der Waals surface area (Å²) in [7, 11) is 0. The van der Waals surface area contributed by atoms with Crippen LogP contribution in [0.25, 0.3) is 0 Å². The Morgan fingerprint density at radius 1 is 1.05 bits per heavy atom. The summed E-state index contributed by atoms with van der Waals surface area (Å²) in [4.78, 5) is 13.1. The summed E-state index contributed by atoms with van der Waals surface area (Å²) in [6, 6.07) is 0. The highest BCUT2D eigenvalue weighted by atomic mass is 16.1. The molecule has 0 aliphatic heterocycles. The van der Waals surface area contributed by atoms with Crippen molar-refractivity contribution >= 4 is 5.78 Å². The molecular weight excluding hydrogens is 268 g/mol. The fraction of sp³-hybridized carbons (Fsp3) is 0.952. The van der Waals surface area contributed by atoms with Crippen LogP contribution >= 0.6 is 0 Å². The molecule has 0 aromatic heterocycles. The second kappa shape index (κ2) is 5.08. The van der Waals surface area contributed by atoms with Crippen molar-refractivity contribution in [3.63, 3.8) is 0 Å². The first-order valence-corrected chi connectivity index (χ1v) is 10.0. The highest BCUT2D eigenvalue weighted by Crippen LogP contribution is 2.65. The molecule has 1 nitrogen and oxygen atoms in total. The van der Waals surface area contributed by atoms with Gasteiger partial charge in [0, 0.05) is 11.8 Å². The Hall–Kier alpha value is -0.330. The van der Waals surface area contributed by atoms with Gasteiger partial charge in [-0.05, 0) is 80.0 Å². The Balaban J connectivity index is 1.64. The fourth-order valence-electron chi connectivity index (χ4n) is 7.50. The van der Waals surface area contributed by atoms with Crippen LogP contribution in [0.4, 0.5) is 0 Å². The molecule has 4 saturated carbocycles. The van der Waals surface area contributed by atoms with E-state index in [0.717, 1.165) is 18.3 Å². The van der Waals surface area contributed by atoms with Gasteiger partial charge in [0.05, 0.1) is 0 Å². The van der Waals surface area contributed by atoms with E-state index in [-0.39, 0.29) is 5.41 Å². The molecule has 4 rings (SSSR count). The molecule has 1 heteroatoms. The van der Waals surface area contributed by atoms with Gasteiger partial charge in [0.2, 0.25) is 0 Å². The molecular formula is C21H34O. The molecule has 0 saturated heterocycles. The minimum atomic E-state index is 0.0402. The van der Waals surface area contributed by atoms with E-state index in [1.54, 1.807) is 0 Å². The fourth-order valence-corrected chi connectivity index (χ4v) is 7.50. The van der Waals surface area contributed by atoms with Crippen molar-refractivity contribution < 1.29 is 4.79 Å². The zero-order valence-corrected chi connectivity index (χ0v) is 14.9. The van der Waals surface area contributed by atoms with Crippen molar-refractivity contribution in [2.75, 3.05) is 0 Å². The summed E-state index contributed by atoms with van der Waals surface area (Å²) in [5, 5.41) is 0. The lowest BCUT2D eigenvalue weighted by Gasteiger charge is -2.59. The Labute approximate surface area is 136 Å². The van der Waals surface area contributed by atoms with Crippen LogP contribution in [0, 0.1) is 40.4 Å². The van der Waals surface area contributed by atoms with E-state index in [9.17, 15) is 4.79 Å². The van der Waals surface area contributed by atoms with Crippen molar-refractivity contribution in [2.24, 2.45) is 40.4 Å². The Morgan fingerprint density at radius 2 is 1.86 bits per heavy atom. The molecule has 4 fully saturated rings. The van der Waals surface area contributed by atoms with Crippen LogP contribution < -0.4 is 0 Å². The average molecular weight is 303 g/mol. The molecule has 0 spiro atoms. The van der Waals surface area contributed by atoms with Gasteiger partial charge in [0.25, 0.3) is 0 Å². The van der Waals surface area contributed by atoms with Crippen LogP contribution in [-0.2, 0) is 4.79 Å². The molecule has 0 heterocycles. The normalized spacial score (nSPS) is 54.5. The number of fused-ring (bicyclic) bond motifs is 5. The first-order valence-electron chi connectivity index (χ1n) is 10.0. The summed E-state index contributed by atoms with van der Waals surface area (Å²) < 4.78 is 0. The van der Waals surface area contributed by atoms with E-state index in [4.69, 9.17) is 0 Å². The van der Waals surface area contributed by atoms with Crippen LogP contribution in [0.3, 0.4) is 0 Å². The largest absolute Gasteiger partial charge is 0.299 e. The zero-order chi connectivity index (χ0) is 15.5. The van der Waals surface area contributed by atoms with Gasteiger partial charge in [0.1, 0.15) is 5.78 Å². The Bertz CT molecular complexity index is 469. The topological polar surface area (TPSA) is 17.1 Å². The van der Waals surface area contributed by atoms with Crippen LogP contribution in [0.2, 0.25) is 0 Å². The molecule has 7 atom stereocenters. The van der Waals surface area contributed by atoms with E-state index < -0.39 is 0 Å². The number of ketones is 1. The number of hydrogen-bond donors (Lipinski definition) is 0. The van der Waals surface area contributed by atoms with Crippen LogP contribution in [0.5, 0.6) is 0 Å². The Kier molecular flexibility index (Phi) is 3.51. The second-order valence-electron chi connectivity index (χ2n) is 9.66. The van der Waals surface area contributed by atoms with Crippen LogP contribution in [0.1, 0.15) is 85.0 Å². The predicted octanol–water partition coefficient (Wildman–Crippen LogP) is 5.62. The van der Waals surface area contributed by atoms with Crippen LogP contribution in [0.15, 0.2) is 0 Å². The lowest BCUT2D eigenvalue weighted by atomic mass is 9.44. The minimum absolute atomic E-state index is 0.0402. The van der Waals surface area contributed by atoms with Gasteiger partial charge in [-0.1, -0.05) is 33.6 Å². The molecule has 22 heavy (non-hydrogen) atoms. The maximum atomic E-state index is 13.1. The maximum Gasteiger partial charge on any atom is 0.139 e. The number of hydrogen-bond acceptors (Lipinski definition) is 1. The van der Waals surface area contributed by atoms with Gasteiger partial charge >= 0.3 is 0 Å². The number of Topliss-reactive ketones (excluding diaryl/α,β-unsaturated/α-hetero) is 1. The predicted molar refractivity (Wildman–Crippen MR) is 90.5 cm³/mol. The van der Waals surface area contributed by atoms with Crippen LogP contribution in [-0.4, -0.2) is 5.78 Å². The quantitative estimate of drug-likeness (QED) is 0.614. The van der Waals surface area contributed by atoms with Gasteiger partial charge in [-0.2, -0.15) is 0 Å². The third kappa shape index (κ3) is 1.93. The lowest BCUT2D eigenvalue weighted by Crippen LogP contribution is -2.56. The first-order chi connectivity index (χ1) is 10.5. The Morgan fingerprint density at radius 3 is 2.64 bits per heavy atom. The van der Waals surface area contributed by atoms with Crippen molar-refractivity contribution in [3.8, 4) is 0 Å². The monoisotopic (exact) mass is 302 g/mol. The number of carbonyl (C=O) groups is 1. The molecule has 0 radical (unpaired) electrons. The third-order valence-electron chi connectivity index (χ3n) is 8.96. The molecule has 124 valence electrons. The highest BCUT2D eigenvalue weighted by molar-refractivity contribution is 5.86. The van der Waals surface area contributed by atoms with Crippen molar-refractivity contribution in [1.82, 2.24) is 0 Å². The maximum absolute atomic E-state index is 13.1. The van der Waals surface area contributed by atoms with Gasteiger partial charge in [-0.15, -0.1) is 0 Å². The second-order valence-corrected chi connectivity index (χ2v) is 9.66. The molecule has 7 unspecified atom stereocenters. The summed E-state index contributed by atoms with van der Waals surface area (Å²) in [5.74, 6) is 4.54. The van der Waals surface area contributed by atoms with E-state index in [1.807, 2.05) is 0 Å². The van der Waals surface area contributed by atoms with Crippen molar-refractivity contribution in [2.45, 2.75) is 85.0 Å². The van der Waals surface area contributed by atoms with Gasteiger partial charge < -0.3 is 0 Å². The molecule has 0 bridgehead atoms. The molecule has 0 amide bonds. The van der Waals surface area contributed by atoms with E-state index in [0.29, 0.717) is 29.0 Å².